The molecule has 80 valence electrons. The smallest absolute Gasteiger partial charge is 0.133 e. The third-order valence-electron chi connectivity index (χ3n) is 2.72. The van der Waals surface area contributed by atoms with Gasteiger partial charge < -0.3 is 0 Å². The van der Waals surface area contributed by atoms with E-state index in [0.717, 1.165) is 12.2 Å². The molecule has 2 heteroatoms. The fourth-order valence-corrected chi connectivity index (χ4v) is 2.12. The highest BCUT2D eigenvalue weighted by Crippen LogP contribution is 2.18. The molecule has 0 bridgehead atoms. The van der Waals surface area contributed by atoms with E-state index in [1.807, 2.05) is 0 Å². The summed E-state index contributed by atoms with van der Waals surface area (Å²) >= 11 is 1.35. The monoisotopic (exact) mass is 219 g/mol. The third-order valence-corrected chi connectivity index (χ3v) is 3.58. The maximum absolute atomic E-state index is 8.49. The van der Waals surface area contributed by atoms with E-state index in [9.17, 15) is 0 Å². The van der Waals surface area contributed by atoms with E-state index in [2.05, 4.69) is 44.4 Å². The lowest BCUT2D eigenvalue weighted by Gasteiger charge is -2.12. The van der Waals surface area contributed by atoms with Crippen LogP contribution in [0.15, 0.2) is 18.2 Å². The summed E-state index contributed by atoms with van der Waals surface area (Å²) in [6.45, 7) is 6.52. The average molecular weight is 219 g/mol. The number of benzene rings is 1. The molecule has 1 aromatic rings. The van der Waals surface area contributed by atoms with Gasteiger partial charge in [0, 0.05) is 5.75 Å². The second kappa shape index (κ2) is 5.82. The zero-order chi connectivity index (χ0) is 11.3. The highest BCUT2D eigenvalue weighted by molar-refractivity contribution is 8.03. The fourth-order valence-electron chi connectivity index (χ4n) is 1.65. The Morgan fingerprint density at radius 2 is 2.13 bits per heavy atom. The second-order valence-corrected chi connectivity index (χ2v) is 4.88. The molecule has 1 aromatic carbocycles. The zero-order valence-corrected chi connectivity index (χ0v) is 10.4. The molecule has 0 N–H and O–H groups in total. The lowest BCUT2D eigenvalue weighted by molar-refractivity contribution is 0.656. The first-order valence-corrected chi connectivity index (χ1v) is 6.19. The first kappa shape index (κ1) is 12.1. The first-order chi connectivity index (χ1) is 7.15. The summed E-state index contributed by atoms with van der Waals surface area (Å²) < 4.78 is 0. The average Bonchev–Trinajstić information content (AvgIpc) is 2.22. The molecule has 0 aliphatic rings. The van der Waals surface area contributed by atoms with E-state index in [4.69, 9.17) is 5.26 Å². The summed E-state index contributed by atoms with van der Waals surface area (Å²) in [4.78, 5) is 0. The van der Waals surface area contributed by atoms with Gasteiger partial charge in [-0.1, -0.05) is 25.1 Å². The van der Waals surface area contributed by atoms with Gasteiger partial charge in [0.05, 0.1) is 0 Å². The number of hydrogen-bond acceptors (Lipinski definition) is 2. The van der Waals surface area contributed by atoms with Gasteiger partial charge in [-0.25, -0.2) is 0 Å². The largest absolute Gasteiger partial charge is 0.185 e. The van der Waals surface area contributed by atoms with Crippen LogP contribution in [0, 0.1) is 30.4 Å². The van der Waals surface area contributed by atoms with Gasteiger partial charge in [0.2, 0.25) is 0 Å². The van der Waals surface area contributed by atoms with Crippen molar-refractivity contribution in [1.82, 2.24) is 0 Å². The van der Waals surface area contributed by atoms with Crippen LogP contribution in [0.1, 0.15) is 23.6 Å². The molecular weight excluding hydrogens is 202 g/mol. The van der Waals surface area contributed by atoms with Crippen molar-refractivity contribution in [3.63, 3.8) is 0 Å². The Morgan fingerprint density at radius 1 is 1.40 bits per heavy atom. The highest BCUT2D eigenvalue weighted by Gasteiger charge is 2.06. The van der Waals surface area contributed by atoms with Crippen LogP contribution in [-0.2, 0) is 6.42 Å². The molecule has 1 rings (SSSR count). The van der Waals surface area contributed by atoms with E-state index in [0.29, 0.717) is 5.92 Å². The van der Waals surface area contributed by atoms with E-state index in [1.54, 1.807) is 0 Å². The minimum Gasteiger partial charge on any atom is -0.185 e. The van der Waals surface area contributed by atoms with Crippen LogP contribution in [0.3, 0.4) is 0 Å². The normalized spacial score (nSPS) is 12.1. The van der Waals surface area contributed by atoms with Gasteiger partial charge in [-0.3, -0.25) is 0 Å². The fraction of sp³-hybridized carbons (Fsp3) is 0.462. The van der Waals surface area contributed by atoms with E-state index in [-0.39, 0.29) is 0 Å². The number of nitrogens with zero attached hydrogens (tertiary/aromatic N) is 1. The molecule has 0 aromatic heterocycles. The van der Waals surface area contributed by atoms with E-state index >= 15 is 0 Å². The molecule has 1 unspecified atom stereocenters. The summed E-state index contributed by atoms with van der Waals surface area (Å²) in [5.74, 6) is 1.49. The van der Waals surface area contributed by atoms with Crippen LogP contribution in [0.4, 0.5) is 0 Å². The van der Waals surface area contributed by atoms with Crippen molar-refractivity contribution in [2.75, 3.05) is 5.75 Å². The molecule has 15 heavy (non-hydrogen) atoms. The lowest BCUT2D eigenvalue weighted by Crippen LogP contribution is -2.04. The van der Waals surface area contributed by atoms with Crippen LogP contribution in [0.2, 0.25) is 0 Å². The molecule has 0 saturated carbocycles. The SMILES string of the molecule is Cc1cccc(CC(C)CSC#N)c1C. The van der Waals surface area contributed by atoms with Gasteiger partial charge in [-0.15, -0.1) is 0 Å². The number of thiocyanates is 1. The summed E-state index contributed by atoms with van der Waals surface area (Å²) in [6, 6.07) is 6.45. The number of thioether (sulfide) groups is 1. The summed E-state index contributed by atoms with van der Waals surface area (Å²) in [5, 5.41) is 10.6. The van der Waals surface area contributed by atoms with Gasteiger partial charge in [0.15, 0.2) is 0 Å². The quantitative estimate of drug-likeness (QED) is 0.721. The topological polar surface area (TPSA) is 23.8 Å². The molecule has 0 heterocycles. The number of hydrogen-bond donors (Lipinski definition) is 0. The van der Waals surface area contributed by atoms with Crippen molar-refractivity contribution in [2.45, 2.75) is 27.2 Å². The molecule has 0 aliphatic heterocycles. The Morgan fingerprint density at radius 3 is 2.80 bits per heavy atom. The number of rotatable bonds is 4. The summed E-state index contributed by atoms with van der Waals surface area (Å²) in [7, 11) is 0. The maximum atomic E-state index is 8.49. The van der Waals surface area contributed by atoms with Crippen LogP contribution >= 0.6 is 11.8 Å². The molecule has 0 spiro atoms. The molecule has 0 amide bonds. The Balaban J connectivity index is 2.65. The van der Waals surface area contributed by atoms with Gasteiger partial charge in [-0.05, 0) is 54.6 Å². The lowest BCUT2D eigenvalue weighted by atomic mass is 9.96. The van der Waals surface area contributed by atoms with Crippen molar-refractivity contribution in [3.8, 4) is 5.40 Å². The van der Waals surface area contributed by atoms with Crippen LogP contribution < -0.4 is 0 Å². The highest BCUT2D eigenvalue weighted by atomic mass is 32.2. The van der Waals surface area contributed by atoms with Crippen LogP contribution in [0.5, 0.6) is 0 Å². The molecule has 0 aliphatic carbocycles. The molecule has 0 radical (unpaired) electrons. The van der Waals surface area contributed by atoms with Gasteiger partial charge in [-0.2, -0.15) is 5.26 Å². The summed E-state index contributed by atoms with van der Waals surface area (Å²) in [6.07, 6.45) is 1.07. The Hall–Kier alpha value is -0.940. The molecular formula is C13H17NS. The predicted octanol–water partition coefficient (Wildman–Crippen LogP) is 3.70. The van der Waals surface area contributed by atoms with Crippen LogP contribution in [-0.4, -0.2) is 5.75 Å². The van der Waals surface area contributed by atoms with E-state index < -0.39 is 0 Å². The molecule has 1 nitrogen and oxygen atoms in total. The standard InChI is InChI=1S/C13H17NS/c1-10(8-15-9-14)7-13-6-4-5-11(2)12(13)3/h4-6,10H,7-8H2,1-3H3. The molecule has 1 atom stereocenters. The Kier molecular flexibility index (Phi) is 4.71. The van der Waals surface area contributed by atoms with Gasteiger partial charge in [0.25, 0.3) is 0 Å². The van der Waals surface area contributed by atoms with Crippen molar-refractivity contribution in [3.05, 3.63) is 34.9 Å². The van der Waals surface area contributed by atoms with Gasteiger partial charge >= 0.3 is 0 Å². The number of nitriles is 1. The number of aryl methyl sites for hydroxylation is 1. The van der Waals surface area contributed by atoms with E-state index in [1.165, 1.54) is 28.5 Å². The minimum atomic E-state index is 0.565. The maximum Gasteiger partial charge on any atom is 0.133 e. The van der Waals surface area contributed by atoms with Crippen molar-refractivity contribution < 1.29 is 0 Å². The minimum absolute atomic E-state index is 0.565. The van der Waals surface area contributed by atoms with Crippen molar-refractivity contribution >= 4 is 11.8 Å². The third kappa shape index (κ3) is 3.60. The Bertz CT molecular complexity index is 365. The van der Waals surface area contributed by atoms with Crippen molar-refractivity contribution in [2.24, 2.45) is 5.92 Å². The summed E-state index contributed by atoms with van der Waals surface area (Å²) in [5.41, 5.74) is 4.17. The van der Waals surface area contributed by atoms with Crippen molar-refractivity contribution in [1.29, 1.82) is 5.26 Å². The Labute approximate surface area is 96.5 Å². The second-order valence-electron chi connectivity index (χ2n) is 4.07. The first-order valence-electron chi connectivity index (χ1n) is 5.21. The predicted molar refractivity (Wildman–Crippen MR) is 66.9 cm³/mol. The van der Waals surface area contributed by atoms with Gasteiger partial charge in [0.1, 0.15) is 5.40 Å². The zero-order valence-electron chi connectivity index (χ0n) is 9.58. The molecule has 0 fully saturated rings. The van der Waals surface area contributed by atoms with Crippen LogP contribution in [0.25, 0.3) is 0 Å². The molecule has 0 saturated heterocycles.